The molecule has 1 fully saturated rings. The van der Waals surface area contributed by atoms with Crippen molar-refractivity contribution in [3.8, 4) is 0 Å². The van der Waals surface area contributed by atoms with Crippen molar-refractivity contribution in [2.75, 3.05) is 36.8 Å². The summed E-state index contributed by atoms with van der Waals surface area (Å²) in [6.45, 7) is 3.35. The molecule has 7 nitrogen and oxygen atoms in total. The van der Waals surface area contributed by atoms with Gasteiger partial charge in [-0.1, -0.05) is 17.8 Å². The van der Waals surface area contributed by atoms with E-state index in [2.05, 4.69) is 14.9 Å². The standard InChI is InChI=1S/C17H19N5O2S/c23-15-4-6-19-17-22(15)11-13(12-25-17)16(24)21-9-7-20(8-10-21)14-3-1-2-5-18-14/h1-6,13H,7-12H2. The third-order valence-corrected chi connectivity index (χ3v) is 5.78. The summed E-state index contributed by atoms with van der Waals surface area (Å²) >= 11 is 1.48. The number of nitrogens with zero attached hydrogens (tertiary/aromatic N) is 5. The van der Waals surface area contributed by atoms with Crippen LogP contribution in [0.3, 0.4) is 0 Å². The topological polar surface area (TPSA) is 71.3 Å². The third-order valence-electron chi connectivity index (χ3n) is 4.63. The lowest BCUT2D eigenvalue weighted by Gasteiger charge is -2.37. The van der Waals surface area contributed by atoms with Gasteiger partial charge in [-0.15, -0.1) is 0 Å². The van der Waals surface area contributed by atoms with E-state index in [4.69, 9.17) is 0 Å². The fourth-order valence-electron chi connectivity index (χ4n) is 3.25. The summed E-state index contributed by atoms with van der Waals surface area (Å²) in [5.41, 5.74) is -0.0880. The quantitative estimate of drug-likeness (QED) is 0.737. The zero-order valence-electron chi connectivity index (χ0n) is 13.7. The Kier molecular flexibility index (Phi) is 4.44. The van der Waals surface area contributed by atoms with Crippen molar-refractivity contribution in [2.24, 2.45) is 5.92 Å². The minimum Gasteiger partial charge on any atom is -0.353 e. The van der Waals surface area contributed by atoms with Crippen LogP contribution in [0.2, 0.25) is 0 Å². The smallest absolute Gasteiger partial charge is 0.254 e. The molecule has 0 aromatic carbocycles. The van der Waals surface area contributed by atoms with Crippen molar-refractivity contribution in [1.29, 1.82) is 0 Å². The Hall–Kier alpha value is -2.35. The molecule has 4 heterocycles. The Morgan fingerprint density at radius 3 is 2.68 bits per heavy atom. The van der Waals surface area contributed by atoms with Gasteiger partial charge in [0.2, 0.25) is 5.91 Å². The summed E-state index contributed by atoms with van der Waals surface area (Å²) in [7, 11) is 0. The zero-order chi connectivity index (χ0) is 17.2. The molecule has 2 aromatic heterocycles. The number of hydrogen-bond donors (Lipinski definition) is 0. The summed E-state index contributed by atoms with van der Waals surface area (Å²) in [6, 6.07) is 7.31. The molecule has 0 radical (unpaired) electrons. The molecule has 1 unspecified atom stereocenters. The Bertz CT molecular complexity index is 817. The van der Waals surface area contributed by atoms with Crippen LogP contribution in [-0.2, 0) is 11.3 Å². The first-order valence-corrected chi connectivity index (χ1v) is 9.34. The molecule has 0 saturated carbocycles. The molecule has 0 N–H and O–H groups in total. The van der Waals surface area contributed by atoms with Crippen molar-refractivity contribution >= 4 is 23.5 Å². The second-order valence-electron chi connectivity index (χ2n) is 6.18. The molecular weight excluding hydrogens is 338 g/mol. The molecule has 2 aromatic rings. The number of rotatable bonds is 2. The van der Waals surface area contributed by atoms with Gasteiger partial charge in [0.1, 0.15) is 5.82 Å². The van der Waals surface area contributed by atoms with E-state index in [-0.39, 0.29) is 17.4 Å². The molecular formula is C17H19N5O2S. The molecule has 0 spiro atoms. The number of anilines is 1. The Morgan fingerprint density at radius 2 is 1.92 bits per heavy atom. The average Bonchev–Trinajstić information content (AvgIpc) is 2.68. The Balaban J connectivity index is 1.40. The van der Waals surface area contributed by atoms with Gasteiger partial charge in [0.05, 0.1) is 5.92 Å². The summed E-state index contributed by atoms with van der Waals surface area (Å²) in [5, 5.41) is 0.705. The van der Waals surface area contributed by atoms with Crippen LogP contribution >= 0.6 is 11.8 Å². The van der Waals surface area contributed by atoms with Gasteiger partial charge < -0.3 is 9.80 Å². The molecule has 1 atom stereocenters. The van der Waals surface area contributed by atoms with Crippen molar-refractivity contribution in [1.82, 2.24) is 19.4 Å². The fraction of sp³-hybridized carbons (Fsp3) is 0.412. The molecule has 25 heavy (non-hydrogen) atoms. The van der Waals surface area contributed by atoms with Crippen molar-refractivity contribution < 1.29 is 4.79 Å². The normalized spacial score (nSPS) is 20.2. The number of pyridine rings is 1. The zero-order valence-corrected chi connectivity index (χ0v) is 14.6. The molecule has 1 saturated heterocycles. The number of aromatic nitrogens is 3. The maximum absolute atomic E-state index is 12.9. The maximum Gasteiger partial charge on any atom is 0.254 e. The van der Waals surface area contributed by atoms with E-state index in [9.17, 15) is 9.59 Å². The highest BCUT2D eigenvalue weighted by Gasteiger charge is 2.31. The molecule has 130 valence electrons. The molecule has 2 aliphatic heterocycles. The number of hydrogen-bond acceptors (Lipinski definition) is 6. The van der Waals surface area contributed by atoms with Crippen LogP contribution in [-0.4, -0.2) is 57.3 Å². The molecule has 0 bridgehead atoms. The van der Waals surface area contributed by atoms with Crippen LogP contribution in [0.5, 0.6) is 0 Å². The van der Waals surface area contributed by atoms with Gasteiger partial charge in [0.25, 0.3) is 5.56 Å². The Labute approximate surface area is 149 Å². The first kappa shape index (κ1) is 16.1. The van der Waals surface area contributed by atoms with Gasteiger partial charge in [0, 0.05) is 56.9 Å². The molecule has 1 amide bonds. The number of piperazine rings is 1. The molecule has 4 rings (SSSR count). The minimum atomic E-state index is -0.166. The van der Waals surface area contributed by atoms with Gasteiger partial charge in [0.15, 0.2) is 5.16 Å². The predicted octanol–water partition coefficient (Wildman–Crippen LogP) is 0.709. The second kappa shape index (κ2) is 6.87. The summed E-state index contributed by atoms with van der Waals surface area (Å²) in [4.78, 5) is 37.5. The van der Waals surface area contributed by atoms with Gasteiger partial charge in [-0.25, -0.2) is 9.97 Å². The van der Waals surface area contributed by atoms with Crippen LogP contribution in [0.25, 0.3) is 0 Å². The fourth-order valence-corrected chi connectivity index (χ4v) is 4.31. The lowest BCUT2D eigenvalue weighted by atomic mass is 10.1. The largest absolute Gasteiger partial charge is 0.353 e. The number of amides is 1. The predicted molar refractivity (Wildman–Crippen MR) is 95.7 cm³/mol. The molecule has 2 aliphatic rings. The van der Waals surface area contributed by atoms with Gasteiger partial charge in [-0.3, -0.25) is 14.2 Å². The number of thioether (sulfide) groups is 1. The van der Waals surface area contributed by atoms with Gasteiger partial charge in [-0.05, 0) is 12.1 Å². The average molecular weight is 357 g/mol. The second-order valence-corrected chi connectivity index (χ2v) is 7.17. The molecule has 0 aliphatic carbocycles. The monoisotopic (exact) mass is 357 g/mol. The molecule has 8 heteroatoms. The van der Waals surface area contributed by atoms with Crippen LogP contribution in [0.15, 0.2) is 46.6 Å². The van der Waals surface area contributed by atoms with E-state index in [0.29, 0.717) is 30.5 Å². The van der Waals surface area contributed by atoms with Crippen molar-refractivity contribution in [3.05, 3.63) is 47.0 Å². The van der Waals surface area contributed by atoms with E-state index >= 15 is 0 Å². The summed E-state index contributed by atoms with van der Waals surface area (Å²) in [5.74, 6) is 1.60. The highest BCUT2D eigenvalue weighted by atomic mass is 32.2. The lowest BCUT2D eigenvalue weighted by Crippen LogP contribution is -2.52. The van der Waals surface area contributed by atoms with Crippen LogP contribution in [0.1, 0.15) is 0 Å². The number of fused-ring (bicyclic) bond motifs is 1. The van der Waals surface area contributed by atoms with E-state index in [1.807, 2.05) is 23.1 Å². The summed E-state index contributed by atoms with van der Waals surface area (Å²) < 4.78 is 1.61. The highest BCUT2D eigenvalue weighted by molar-refractivity contribution is 7.99. The summed E-state index contributed by atoms with van der Waals surface area (Å²) in [6.07, 6.45) is 3.31. The van der Waals surface area contributed by atoms with Gasteiger partial charge in [-0.2, -0.15) is 0 Å². The minimum absolute atomic E-state index is 0.0880. The van der Waals surface area contributed by atoms with Crippen LogP contribution in [0, 0.1) is 5.92 Å². The lowest BCUT2D eigenvalue weighted by molar-refractivity contribution is -0.135. The third kappa shape index (κ3) is 3.26. The highest BCUT2D eigenvalue weighted by Crippen LogP contribution is 2.26. The van der Waals surface area contributed by atoms with E-state index in [1.54, 1.807) is 10.8 Å². The first-order chi connectivity index (χ1) is 12.2. The SMILES string of the molecule is O=C(C1CSc2nccc(=O)n2C1)N1CCN(c2ccccn2)CC1. The van der Waals surface area contributed by atoms with E-state index in [1.165, 1.54) is 24.0 Å². The number of carbonyl (C=O) groups excluding carboxylic acids is 1. The first-order valence-electron chi connectivity index (χ1n) is 8.36. The van der Waals surface area contributed by atoms with Crippen molar-refractivity contribution in [2.45, 2.75) is 11.7 Å². The van der Waals surface area contributed by atoms with Crippen molar-refractivity contribution in [3.63, 3.8) is 0 Å². The number of carbonyl (C=O) groups is 1. The Morgan fingerprint density at radius 1 is 1.08 bits per heavy atom. The van der Waals surface area contributed by atoms with Crippen LogP contribution < -0.4 is 10.5 Å². The van der Waals surface area contributed by atoms with Gasteiger partial charge >= 0.3 is 0 Å². The van der Waals surface area contributed by atoms with E-state index < -0.39 is 0 Å². The maximum atomic E-state index is 12.9. The van der Waals surface area contributed by atoms with Crippen LogP contribution in [0.4, 0.5) is 5.82 Å². The van der Waals surface area contributed by atoms with E-state index in [0.717, 1.165) is 18.9 Å².